The number of anilines is 1. The highest BCUT2D eigenvalue weighted by molar-refractivity contribution is 5.67. The van der Waals surface area contributed by atoms with Gasteiger partial charge in [0.2, 0.25) is 0 Å². The SMILES string of the molecule is Cc1ccc(-c2cnc(-c3cccc(N)c3)[nH]2)cc1C. The van der Waals surface area contributed by atoms with Crippen LogP contribution in [0.25, 0.3) is 22.6 Å². The second-order valence-corrected chi connectivity index (χ2v) is 5.07. The van der Waals surface area contributed by atoms with Crippen molar-refractivity contribution in [1.29, 1.82) is 0 Å². The van der Waals surface area contributed by atoms with Crippen molar-refractivity contribution in [3.05, 3.63) is 59.8 Å². The van der Waals surface area contributed by atoms with Gasteiger partial charge < -0.3 is 10.7 Å². The molecule has 1 heterocycles. The summed E-state index contributed by atoms with van der Waals surface area (Å²) in [6.07, 6.45) is 1.86. The first-order chi connectivity index (χ1) is 9.63. The van der Waals surface area contributed by atoms with Crippen molar-refractivity contribution in [1.82, 2.24) is 9.97 Å². The lowest BCUT2D eigenvalue weighted by Crippen LogP contribution is -1.87. The Kier molecular flexibility index (Phi) is 3.03. The number of nitrogen functional groups attached to an aromatic ring is 1. The largest absolute Gasteiger partial charge is 0.399 e. The number of benzene rings is 2. The topological polar surface area (TPSA) is 54.7 Å². The maximum Gasteiger partial charge on any atom is 0.137 e. The average molecular weight is 263 g/mol. The molecule has 0 fully saturated rings. The van der Waals surface area contributed by atoms with Gasteiger partial charge in [-0.15, -0.1) is 0 Å². The molecule has 20 heavy (non-hydrogen) atoms. The van der Waals surface area contributed by atoms with Gasteiger partial charge in [0.15, 0.2) is 0 Å². The van der Waals surface area contributed by atoms with Gasteiger partial charge in [-0.25, -0.2) is 4.98 Å². The Labute approximate surface area is 118 Å². The molecule has 0 saturated carbocycles. The van der Waals surface area contributed by atoms with Crippen LogP contribution in [0, 0.1) is 13.8 Å². The van der Waals surface area contributed by atoms with E-state index in [0.29, 0.717) is 0 Å². The minimum atomic E-state index is 0.742. The maximum atomic E-state index is 5.81. The summed E-state index contributed by atoms with van der Waals surface area (Å²) >= 11 is 0. The van der Waals surface area contributed by atoms with Crippen LogP contribution < -0.4 is 5.73 Å². The Balaban J connectivity index is 1.99. The van der Waals surface area contributed by atoms with Gasteiger partial charge in [-0.3, -0.25) is 0 Å². The van der Waals surface area contributed by atoms with Crippen molar-refractivity contribution in [2.24, 2.45) is 0 Å². The van der Waals surface area contributed by atoms with Crippen molar-refractivity contribution in [3.8, 4) is 22.6 Å². The van der Waals surface area contributed by atoms with E-state index in [4.69, 9.17) is 5.73 Å². The molecule has 1 aromatic heterocycles. The molecule has 2 aromatic carbocycles. The van der Waals surface area contributed by atoms with E-state index >= 15 is 0 Å². The quantitative estimate of drug-likeness (QED) is 0.688. The molecule has 3 nitrogen and oxygen atoms in total. The number of nitrogens with one attached hydrogen (secondary N) is 1. The molecule has 3 N–H and O–H groups in total. The lowest BCUT2D eigenvalue weighted by atomic mass is 10.0. The van der Waals surface area contributed by atoms with Gasteiger partial charge in [0.25, 0.3) is 0 Å². The summed E-state index contributed by atoms with van der Waals surface area (Å²) in [5.41, 5.74) is 12.3. The first kappa shape index (κ1) is 12.5. The van der Waals surface area contributed by atoms with Crippen LogP contribution >= 0.6 is 0 Å². The van der Waals surface area contributed by atoms with Gasteiger partial charge in [-0.05, 0) is 48.7 Å². The number of imidazole rings is 1. The Morgan fingerprint density at radius 3 is 2.55 bits per heavy atom. The zero-order valence-electron chi connectivity index (χ0n) is 11.6. The number of nitrogens with zero attached hydrogens (tertiary/aromatic N) is 1. The fourth-order valence-electron chi connectivity index (χ4n) is 2.21. The second-order valence-electron chi connectivity index (χ2n) is 5.07. The monoisotopic (exact) mass is 263 g/mol. The minimum absolute atomic E-state index is 0.742. The Hall–Kier alpha value is -2.55. The van der Waals surface area contributed by atoms with E-state index in [2.05, 4.69) is 42.0 Å². The van der Waals surface area contributed by atoms with Crippen molar-refractivity contribution >= 4 is 5.69 Å². The highest BCUT2D eigenvalue weighted by atomic mass is 14.9. The fraction of sp³-hybridized carbons (Fsp3) is 0.118. The van der Waals surface area contributed by atoms with Crippen molar-refractivity contribution in [2.45, 2.75) is 13.8 Å². The summed E-state index contributed by atoms with van der Waals surface area (Å²) in [5.74, 6) is 0.838. The van der Waals surface area contributed by atoms with Crippen LogP contribution in [0.5, 0.6) is 0 Å². The van der Waals surface area contributed by atoms with Gasteiger partial charge in [0.05, 0.1) is 11.9 Å². The average Bonchev–Trinajstić information content (AvgIpc) is 2.92. The van der Waals surface area contributed by atoms with Crippen molar-refractivity contribution < 1.29 is 0 Å². The van der Waals surface area contributed by atoms with E-state index in [-0.39, 0.29) is 0 Å². The number of hydrogen-bond donors (Lipinski definition) is 2. The fourth-order valence-corrected chi connectivity index (χ4v) is 2.21. The van der Waals surface area contributed by atoms with Crippen molar-refractivity contribution in [3.63, 3.8) is 0 Å². The third-order valence-corrected chi connectivity index (χ3v) is 3.55. The zero-order chi connectivity index (χ0) is 14.1. The molecule has 3 heteroatoms. The van der Waals surface area contributed by atoms with Gasteiger partial charge in [0.1, 0.15) is 5.82 Å². The predicted molar refractivity (Wildman–Crippen MR) is 83.3 cm³/mol. The molecule has 0 radical (unpaired) electrons. The summed E-state index contributed by atoms with van der Waals surface area (Å²) in [6, 6.07) is 14.1. The van der Waals surface area contributed by atoms with Gasteiger partial charge in [-0.1, -0.05) is 24.3 Å². The second kappa shape index (κ2) is 4.85. The summed E-state index contributed by atoms with van der Waals surface area (Å²) in [7, 11) is 0. The van der Waals surface area contributed by atoms with Crippen LogP contribution in [0.3, 0.4) is 0 Å². The molecule has 0 amide bonds. The Bertz CT molecular complexity index is 756. The van der Waals surface area contributed by atoms with Crippen LogP contribution in [-0.2, 0) is 0 Å². The number of rotatable bonds is 2. The van der Waals surface area contributed by atoms with E-state index in [9.17, 15) is 0 Å². The van der Waals surface area contributed by atoms with Crippen molar-refractivity contribution in [2.75, 3.05) is 5.73 Å². The molecule has 0 spiro atoms. The number of nitrogens with two attached hydrogens (primary N) is 1. The van der Waals surface area contributed by atoms with E-state index in [1.54, 1.807) is 0 Å². The molecule has 3 rings (SSSR count). The maximum absolute atomic E-state index is 5.81. The summed E-state index contributed by atoms with van der Waals surface area (Å²) in [4.78, 5) is 7.80. The third kappa shape index (κ3) is 2.30. The number of aryl methyl sites for hydroxylation is 2. The van der Waals surface area contributed by atoms with Crippen LogP contribution in [0.4, 0.5) is 5.69 Å². The van der Waals surface area contributed by atoms with Crippen LogP contribution in [-0.4, -0.2) is 9.97 Å². The van der Waals surface area contributed by atoms with E-state index in [1.165, 1.54) is 11.1 Å². The molecule has 0 aliphatic heterocycles. The minimum Gasteiger partial charge on any atom is -0.399 e. The van der Waals surface area contributed by atoms with Gasteiger partial charge in [-0.2, -0.15) is 0 Å². The summed E-state index contributed by atoms with van der Waals surface area (Å²) < 4.78 is 0. The zero-order valence-corrected chi connectivity index (χ0v) is 11.6. The molecule has 3 aromatic rings. The standard InChI is InChI=1S/C17H17N3/c1-11-6-7-13(8-12(11)2)16-10-19-17(20-16)14-4-3-5-15(18)9-14/h3-10H,18H2,1-2H3,(H,19,20). The predicted octanol–water partition coefficient (Wildman–Crippen LogP) is 3.94. The normalized spacial score (nSPS) is 10.7. The molecule has 0 unspecified atom stereocenters. The highest BCUT2D eigenvalue weighted by Crippen LogP contribution is 2.24. The molecular weight excluding hydrogens is 246 g/mol. The van der Waals surface area contributed by atoms with Crippen LogP contribution in [0.15, 0.2) is 48.7 Å². The highest BCUT2D eigenvalue weighted by Gasteiger charge is 2.06. The van der Waals surface area contributed by atoms with Gasteiger partial charge >= 0.3 is 0 Å². The molecule has 0 bridgehead atoms. The smallest absolute Gasteiger partial charge is 0.137 e. The lowest BCUT2D eigenvalue weighted by Gasteiger charge is -2.03. The molecule has 0 atom stereocenters. The molecule has 0 aliphatic carbocycles. The first-order valence-electron chi connectivity index (χ1n) is 6.62. The molecule has 0 saturated heterocycles. The van der Waals surface area contributed by atoms with Gasteiger partial charge in [0, 0.05) is 11.3 Å². The van der Waals surface area contributed by atoms with Crippen LogP contribution in [0.2, 0.25) is 0 Å². The number of H-pyrrole nitrogens is 1. The Morgan fingerprint density at radius 1 is 0.950 bits per heavy atom. The summed E-state index contributed by atoms with van der Waals surface area (Å²) in [5, 5.41) is 0. The number of aromatic nitrogens is 2. The number of aromatic amines is 1. The van der Waals surface area contributed by atoms with E-state index < -0.39 is 0 Å². The Morgan fingerprint density at radius 2 is 1.80 bits per heavy atom. The third-order valence-electron chi connectivity index (χ3n) is 3.55. The molecule has 0 aliphatic rings. The van der Waals surface area contributed by atoms with Crippen LogP contribution in [0.1, 0.15) is 11.1 Å². The summed E-state index contributed by atoms with van der Waals surface area (Å²) in [6.45, 7) is 4.23. The molecule has 100 valence electrons. The molecular formula is C17H17N3. The first-order valence-corrected chi connectivity index (χ1v) is 6.62. The van der Waals surface area contributed by atoms with E-state index in [1.807, 2.05) is 30.5 Å². The van der Waals surface area contributed by atoms with E-state index in [0.717, 1.165) is 28.3 Å². The lowest BCUT2D eigenvalue weighted by molar-refractivity contribution is 1.30. The number of hydrogen-bond acceptors (Lipinski definition) is 2.